The maximum atomic E-state index is 5.23. The molecule has 2 aromatic rings. The largest absolute Gasteiger partial charge is 0.497 e. The van der Waals surface area contributed by atoms with Gasteiger partial charge in [-0.2, -0.15) is 0 Å². The molecule has 0 saturated heterocycles. The van der Waals surface area contributed by atoms with Crippen molar-refractivity contribution in [1.29, 1.82) is 0 Å². The van der Waals surface area contributed by atoms with Crippen LogP contribution in [0.4, 0.5) is 0 Å². The van der Waals surface area contributed by atoms with E-state index < -0.39 is 0 Å². The zero-order valence-electron chi connectivity index (χ0n) is 10.9. The Morgan fingerprint density at radius 1 is 1.22 bits per heavy atom. The van der Waals surface area contributed by atoms with E-state index >= 15 is 0 Å². The summed E-state index contributed by atoms with van der Waals surface area (Å²) in [5, 5.41) is 5.83. The molecule has 2 aromatic carbocycles. The molecule has 0 aliphatic heterocycles. The molecule has 2 nitrogen and oxygen atoms in total. The highest BCUT2D eigenvalue weighted by Crippen LogP contribution is 2.24. The molecule has 1 unspecified atom stereocenters. The summed E-state index contributed by atoms with van der Waals surface area (Å²) in [5.41, 5.74) is 1.29. The smallest absolute Gasteiger partial charge is 0.119 e. The standard InChI is InChI=1S/C16H19NO/c1-4-9-17-12(2)13-5-6-15-11-16(18-3)8-7-14(15)10-13/h4-8,10-12,17H,1,9H2,2-3H3. The molecule has 0 saturated carbocycles. The second-order valence-corrected chi connectivity index (χ2v) is 4.39. The first kappa shape index (κ1) is 12.7. The summed E-state index contributed by atoms with van der Waals surface area (Å²) in [4.78, 5) is 0. The second-order valence-electron chi connectivity index (χ2n) is 4.39. The summed E-state index contributed by atoms with van der Waals surface area (Å²) in [6.45, 7) is 6.70. The van der Waals surface area contributed by atoms with E-state index in [2.05, 4.69) is 49.2 Å². The van der Waals surface area contributed by atoms with E-state index in [-0.39, 0.29) is 0 Å². The van der Waals surface area contributed by atoms with E-state index in [1.807, 2.05) is 12.1 Å². The Hall–Kier alpha value is -1.80. The average molecular weight is 241 g/mol. The molecular formula is C16H19NO. The van der Waals surface area contributed by atoms with Gasteiger partial charge in [-0.15, -0.1) is 6.58 Å². The van der Waals surface area contributed by atoms with Gasteiger partial charge in [0.1, 0.15) is 5.75 Å². The minimum absolute atomic E-state index is 0.328. The van der Waals surface area contributed by atoms with Gasteiger partial charge in [0.25, 0.3) is 0 Å². The normalized spacial score (nSPS) is 12.3. The van der Waals surface area contributed by atoms with Crippen LogP contribution in [0.2, 0.25) is 0 Å². The van der Waals surface area contributed by atoms with Gasteiger partial charge in [-0.05, 0) is 41.5 Å². The second kappa shape index (κ2) is 5.69. The maximum Gasteiger partial charge on any atom is 0.119 e. The first-order chi connectivity index (χ1) is 8.74. The predicted octanol–water partition coefficient (Wildman–Crippen LogP) is 3.69. The molecule has 0 fully saturated rings. The van der Waals surface area contributed by atoms with Crippen molar-refractivity contribution in [2.75, 3.05) is 13.7 Å². The number of nitrogens with one attached hydrogen (secondary N) is 1. The molecule has 0 radical (unpaired) electrons. The number of benzene rings is 2. The molecule has 2 heteroatoms. The van der Waals surface area contributed by atoms with Gasteiger partial charge >= 0.3 is 0 Å². The molecule has 0 aliphatic carbocycles. The van der Waals surface area contributed by atoms with Crippen LogP contribution >= 0.6 is 0 Å². The molecule has 1 N–H and O–H groups in total. The van der Waals surface area contributed by atoms with E-state index in [0.29, 0.717) is 6.04 Å². The molecule has 0 heterocycles. The lowest BCUT2D eigenvalue weighted by Gasteiger charge is -2.13. The number of hydrogen-bond acceptors (Lipinski definition) is 2. The van der Waals surface area contributed by atoms with Crippen LogP contribution in [-0.2, 0) is 0 Å². The molecule has 2 rings (SSSR count). The van der Waals surface area contributed by atoms with Crippen molar-refractivity contribution in [1.82, 2.24) is 5.32 Å². The number of fused-ring (bicyclic) bond motifs is 1. The van der Waals surface area contributed by atoms with Crippen LogP contribution < -0.4 is 10.1 Å². The minimum Gasteiger partial charge on any atom is -0.497 e. The number of ether oxygens (including phenoxy) is 1. The quantitative estimate of drug-likeness (QED) is 0.806. The number of methoxy groups -OCH3 is 1. The van der Waals surface area contributed by atoms with Gasteiger partial charge < -0.3 is 10.1 Å². The van der Waals surface area contributed by atoms with Crippen LogP contribution in [-0.4, -0.2) is 13.7 Å². The van der Waals surface area contributed by atoms with Crippen LogP contribution in [0.1, 0.15) is 18.5 Å². The lowest BCUT2D eigenvalue weighted by atomic mass is 10.0. The monoisotopic (exact) mass is 241 g/mol. The van der Waals surface area contributed by atoms with Crippen molar-refractivity contribution in [3.63, 3.8) is 0 Å². The summed E-state index contributed by atoms with van der Waals surface area (Å²) >= 11 is 0. The molecule has 0 aromatic heterocycles. The third-order valence-corrected chi connectivity index (χ3v) is 3.14. The Labute approximate surface area is 108 Å². The fourth-order valence-electron chi connectivity index (χ4n) is 2.02. The lowest BCUT2D eigenvalue weighted by molar-refractivity contribution is 0.415. The summed E-state index contributed by atoms with van der Waals surface area (Å²) in [6, 6.07) is 13.0. The Bertz CT molecular complexity index is 548. The van der Waals surface area contributed by atoms with Crippen LogP contribution in [0, 0.1) is 0 Å². The average Bonchev–Trinajstić information content (AvgIpc) is 2.43. The lowest BCUT2D eigenvalue weighted by Crippen LogP contribution is -2.18. The van der Waals surface area contributed by atoms with E-state index in [9.17, 15) is 0 Å². The highest BCUT2D eigenvalue weighted by molar-refractivity contribution is 5.84. The molecule has 0 amide bonds. The van der Waals surface area contributed by atoms with Gasteiger partial charge in [0.15, 0.2) is 0 Å². The Balaban J connectivity index is 2.29. The molecule has 1 atom stereocenters. The third-order valence-electron chi connectivity index (χ3n) is 3.14. The van der Waals surface area contributed by atoms with Crippen molar-refractivity contribution in [2.24, 2.45) is 0 Å². The van der Waals surface area contributed by atoms with Crippen LogP contribution in [0.5, 0.6) is 5.75 Å². The van der Waals surface area contributed by atoms with Crippen molar-refractivity contribution in [3.8, 4) is 5.75 Å². The van der Waals surface area contributed by atoms with E-state index in [1.165, 1.54) is 16.3 Å². The van der Waals surface area contributed by atoms with Gasteiger partial charge in [-0.25, -0.2) is 0 Å². The predicted molar refractivity (Wildman–Crippen MR) is 77.1 cm³/mol. The fraction of sp³-hybridized carbons (Fsp3) is 0.250. The van der Waals surface area contributed by atoms with Crippen molar-refractivity contribution in [3.05, 3.63) is 54.6 Å². The van der Waals surface area contributed by atoms with Gasteiger partial charge in [0, 0.05) is 12.6 Å². The Kier molecular flexibility index (Phi) is 4.00. The van der Waals surface area contributed by atoms with Gasteiger partial charge in [-0.3, -0.25) is 0 Å². The van der Waals surface area contributed by atoms with Gasteiger partial charge in [-0.1, -0.05) is 24.3 Å². The molecule has 94 valence electrons. The Morgan fingerprint density at radius 3 is 2.67 bits per heavy atom. The summed E-state index contributed by atoms with van der Waals surface area (Å²) < 4.78 is 5.23. The first-order valence-corrected chi connectivity index (χ1v) is 6.16. The Morgan fingerprint density at radius 2 is 1.94 bits per heavy atom. The van der Waals surface area contributed by atoms with E-state index in [0.717, 1.165) is 12.3 Å². The van der Waals surface area contributed by atoms with Gasteiger partial charge in [0.2, 0.25) is 0 Å². The van der Waals surface area contributed by atoms with E-state index in [1.54, 1.807) is 7.11 Å². The zero-order valence-corrected chi connectivity index (χ0v) is 10.9. The summed E-state index contributed by atoms with van der Waals surface area (Å²) in [5.74, 6) is 0.896. The topological polar surface area (TPSA) is 21.3 Å². The molecule has 0 aliphatic rings. The van der Waals surface area contributed by atoms with Crippen LogP contribution in [0.3, 0.4) is 0 Å². The fourth-order valence-corrected chi connectivity index (χ4v) is 2.02. The molecule has 0 spiro atoms. The first-order valence-electron chi connectivity index (χ1n) is 6.16. The maximum absolute atomic E-state index is 5.23. The van der Waals surface area contributed by atoms with Crippen molar-refractivity contribution in [2.45, 2.75) is 13.0 Å². The highest BCUT2D eigenvalue weighted by Gasteiger charge is 2.05. The molecule has 0 bridgehead atoms. The van der Waals surface area contributed by atoms with Crippen LogP contribution in [0.25, 0.3) is 10.8 Å². The number of hydrogen-bond donors (Lipinski definition) is 1. The minimum atomic E-state index is 0.328. The molecule has 18 heavy (non-hydrogen) atoms. The number of rotatable bonds is 5. The van der Waals surface area contributed by atoms with Gasteiger partial charge in [0.05, 0.1) is 7.11 Å². The van der Waals surface area contributed by atoms with Crippen molar-refractivity contribution < 1.29 is 4.74 Å². The highest BCUT2D eigenvalue weighted by atomic mass is 16.5. The summed E-state index contributed by atoms with van der Waals surface area (Å²) in [7, 11) is 1.69. The summed E-state index contributed by atoms with van der Waals surface area (Å²) in [6.07, 6.45) is 1.88. The van der Waals surface area contributed by atoms with E-state index in [4.69, 9.17) is 4.74 Å². The molecular weight excluding hydrogens is 222 g/mol. The SMILES string of the molecule is C=CCNC(C)c1ccc2cc(OC)ccc2c1. The zero-order chi connectivity index (χ0) is 13.0. The third kappa shape index (κ3) is 2.71. The van der Waals surface area contributed by atoms with Crippen molar-refractivity contribution >= 4 is 10.8 Å². The van der Waals surface area contributed by atoms with Crippen LogP contribution in [0.15, 0.2) is 49.1 Å².